The Bertz CT molecular complexity index is 825. The van der Waals surface area contributed by atoms with Crippen molar-refractivity contribution in [2.45, 2.75) is 6.18 Å². The lowest BCUT2D eigenvalue weighted by atomic mass is 10.1. The van der Waals surface area contributed by atoms with Crippen LogP contribution in [0.3, 0.4) is 0 Å². The molecule has 0 aliphatic heterocycles. The van der Waals surface area contributed by atoms with E-state index in [2.05, 4.69) is 10.6 Å². The number of thiocarbonyl (C=S) groups is 1. The highest BCUT2D eigenvalue weighted by molar-refractivity contribution is 7.80. The maximum atomic E-state index is 13.0. The first-order chi connectivity index (χ1) is 12.3. The number of nitrogens with one attached hydrogen (secondary N) is 2. The molecule has 2 rings (SSSR count). The Morgan fingerprint density at radius 1 is 1.04 bits per heavy atom. The first-order valence-corrected chi connectivity index (χ1v) is 7.67. The number of ether oxygens (including phenoxy) is 2. The van der Waals surface area contributed by atoms with Crippen LogP contribution >= 0.6 is 12.2 Å². The molecule has 0 saturated heterocycles. The maximum absolute atomic E-state index is 13.0. The molecule has 2 aromatic rings. The van der Waals surface area contributed by atoms with Gasteiger partial charge in [-0.05, 0) is 42.5 Å². The number of halogens is 3. The van der Waals surface area contributed by atoms with E-state index in [1.807, 2.05) is 0 Å². The first-order valence-electron chi connectivity index (χ1n) is 7.27. The van der Waals surface area contributed by atoms with Gasteiger partial charge in [-0.1, -0.05) is 12.1 Å². The van der Waals surface area contributed by atoms with E-state index in [0.717, 1.165) is 6.07 Å². The topological polar surface area (TPSA) is 59.6 Å². The van der Waals surface area contributed by atoms with Crippen molar-refractivity contribution >= 4 is 28.9 Å². The minimum absolute atomic E-state index is 0.205. The lowest BCUT2D eigenvalue weighted by Gasteiger charge is -2.15. The minimum Gasteiger partial charge on any atom is -0.493 e. The molecule has 138 valence electrons. The van der Waals surface area contributed by atoms with Crippen LogP contribution < -0.4 is 20.1 Å². The molecule has 0 aliphatic rings. The summed E-state index contributed by atoms with van der Waals surface area (Å²) in [5, 5.41) is 4.46. The van der Waals surface area contributed by atoms with E-state index in [4.69, 9.17) is 21.7 Å². The number of methoxy groups -OCH3 is 2. The largest absolute Gasteiger partial charge is 0.493 e. The molecule has 0 atom stereocenters. The van der Waals surface area contributed by atoms with E-state index in [-0.39, 0.29) is 16.4 Å². The monoisotopic (exact) mass is 384 g/mol. The van der Waals surface area contributed by atoms with Gasteiger partial charge >= 0.3 is 6.18 Å². The van der Waals surface area contributed by atoms with Crippen molar-refractivity contribution in [1.29, 1.82) is 0 Å². The zero-order chi connectivity index (χ0) is 19.3. The highest BCUT2D eigenvalue weighted by atomic mass is 32.1. The van der Waals surface area contributed by atoms with Crippen LogP contribution in [0.5, 0.6) is 11.5 Å². The van der Waals surface area contributed by atoms with Gasteiger partial charge in [-0.2, -0.15) is 13.2 Å². The number of carbonyl (C=O) groups is 1. The molecule has 2 N–H and O–H groups in total. The van der Waals surface area contributed by atoms with Gasteiger partial charge in [0.2, 0.25) is 0 Å². The summed E-state index contributed by atoms with van der Waals surface area (Å²) in [5.74, 6) is 0.165. The van der Waals surface area contributed by atoms with Crippen molar-refractivity contribution in [1.82, 2.24) is 5.32 Å². The second-order valence-electron chi connectivity index (χ2n) is 5.02. The Balaban J connectivity index is 2.13. The number of alkyl halides is 3. The molecule has 0 bridgehead atoms. The van der Waals surface area contributed by atoms with Crippen molar-refractivity contribution in [2.24, 2.45) is 0 Å². The zero-order valence-corrected chi connectivity index (χ0v) is 14.6. The summed E-state index contributed by atoms with van der Waals surface area (Å²) in [6, 6.07) is 9.26. The van der Waals surface area contributed by atoms with E-state index < -0.39 is 17.6 Å². The van der Waals surface area contributed by atoms with Crippen LogP contribution in [0.4, 0.5) is 18.9 Å². The summed E-state index contributed by atoms with van der Waals surface area (Å²) in [4.78, 5) is 12.2. The second-order valence-corrected chi connectivity index (χ2v) is 5.43. The average molecular weight is 384 g/mol. The fraction of sp³-hybridized carbons (Fsp3) is 0.176. The number of rotatable bonds is 4. The number of hydrogen-bond donors (Lipinski definition) is 2. The van der Waals surface area contributed by atoms with Crippen LogP contribution in [0.15, 0.2) is 42.5 Å². The van der Waals surface area contributed by atoms with Gasteiger partial charge < -0.3 is 14.8 Å². The molecule has 1 amide bonds. The molecule has 2 aromatic carbocycles. The number of hydrogen-bond acceptors (Lipinski definition) is 4. The van der Waals surface area contributed by atoms with Gasteiger partial charge in [0.05, 0.1) is 25.5 Å². The Labute approximate surface area is 153 Å². The molecule has 26 heavy (non-hydrogen) atoms. The van der Waals surface area contributed by atoms with Gasteiger partial charge in [0.25, 0.3) is 5.91 Å². The number of anilines is 1. The fourth-order valence-electron chi connectivity index (χ4n) is 2.15. The fourth-order valence-corrected chi connectivity index (χ4v) is 2.35. The third-order valence-electron chi connectivity index (χ3n) is 3.35. The molecule has 0 radical (unpaired) electrons. The Morgan fingerprint density at radius 2 is 1.69 bits per heavy atom. The summed E-state index contributed by atoms with van der Waals surface area (Å²) in [6.45, 7) is 0. The third kappa shape index (κ3) is 4.63. The van der Waals surface area contributed by atoms with Crippen LogP contribution in [-0.2, 0) is 6.18 Å². The smallest absolute Gasteiger partial charge is 0.418 e. The van der Waals surface area contributed by atoms with Gasteiger partial charge in [0, 0.05) is 5.56 Å². The number of amides is 1. The van der Waals surface area contributed by atoms with E-state index >= 15 is 0 Å². The van der Waals surface area contributed by atoms with Crippen molar-refractivity contribution in [3.8, 4) is 11.5 Å². The van der Waals surface area contributed by atoms with E-state index in [1.165, 1.54) is 50.6 Å². The van der Waals surface area contributed by atoms with E-state index in [0.29, 0.717) is 11.5 Å². The average Bonchev–Trinajstić information content (AvgIpc) is 2.60. The van der Waals surface area contributed by atoms with Gasteiger partial charge in [-0.15, -0.1) is 0 Å². The van der Waals surface area contributed by atoms with E-state index in [9.17, 15) is 18.0 Å². The zero-order valence-electron chi connectivity index (χ0n) is 13.8. The van der Waals surface area contributed by atoms with Crippen molar-refractivity contribution in [2.75, 3.05) is 19.5 Å². The third-order valence-corrected chi connectivity index (χ3v) is 3.56. The van der Waals surface area contributed by atoms with Crippen LogP contribution in [-0.4, -0.2) is 25.2 Å². The lowest BCUT2D eigenvalue weighted by Crippen LogP contribution is -2.34. The van der Waals surface area contributed by atoms with Crippen molar-refractivity contribution in [3.63, 3.8) is 0 Å². The van der Waals surface area contributed by atoms with Gasteiger partial charge in [-0.25, -0.2) is 0 Å². The van der Waals surface area contributed by atoms with Gasteiger partial charge in [-0.3, -0.25) is 10.1 Å². The molecule has 0 unspecified atom stereocenters. The second kappa shape index (κ2) is 8.05. The molecular formula is C17H15F3N2O3S. The van der Waals surface area contributed by atoms with Crippen molar-refractivity contribution in [3.05, 3.63) is 53.6 Å². The molecule has 0 heterocycles. The van der Waals surface area contributed by atoms with Crippen LogP contribution in [0, 0.1) is 0 Å². The Hall–Kier alpha value is -2.81. The molecule has 0 aromatic heterocycles. The molecule has 0 saturated carbocycles. The predicted molar refractivity (Wildman–Crippen MR) is 94.7 cm³/mol. The highest BCUT2D eigenvalue weighted by Crippen LogP contribution is 2.34. The van der Waals surface area contributed by atoms with Crippen molar-refractivity contribution < 1.29 is 27.4 Å². The predicted octanol–water partition coefficient (Wildman–Crippen LogP) is 3.85. The number of benzene rings is 2. The van der Waals surface area contributed by atoms with Gasteiger partial charge in [0.1, 0.15) is 0 Å². The number of carbonyl (C=O) groups excluding carboxylic acids is 1. The van der Waals surface area contributed by atoms with Crippen LogP contribution in [0.2, 0.25) is 0 Å². The summed E-state index contributed by atoms with van der Waals surface area (Å²) in [5.41, 5.74) is -0.934. The normalized spacial score (nSPS) is 10.8. The van der Waals surface area contributed by atoms with E-state index in [1.54, 1.807) is 0 Å². The SMILES string of the molecule is COc1ccc(C(=O)NC(=S)Nc2ccccc2C(F)(F)F)cc1OC. The number of para-hydroxylation sites is 1. The maximum Gasteiger partial charge on any atom is 0.418 e. The van der Waals surface area contributed by atoms with Crippen LogP contribution in [0.1, 0.15) is 15.9 Å². The molecule has 0 fully saturated rings. The molecule has 0 spiro atoms. The highest BCUT2D eigenvalue weighted by Gasteiger charge is 2.33. The van der Waals surface area contributed by atoms with Crippen LogP contribution in [0.25, 0.3) is 0 Å². The first kappa shape index (κ1) is 19.5. The summed E-state index contributed by atoms with van der Waals surface area (Å²) < 4.78 is 49.1. The van der Waals surface area contributed by atoms with Gasteiger partial charge in [0.15, 0.2) is 16.6 Å². The quantitative estimate of drug-likeness (QED) is 0.785. The Kier molecular flexibility index (Phi) is 6.04. The molecule has 9 heteroatoms. The Morgan fingerprint density at radius 3 is 2.31 bits per heavy atom. The lowest BCUT2D eigenvalue weighted by molar-refractivity contribution is -0.136. The molecule has 5 nitrogen and oxygen atoms in total. The standard InChI is InChI=1S/C17H15F3N2O3S/c1-24-13-8-7-10(9-14(13)25-2)15(23)22-16(26)21-12-6-4-3-5-11(12)17(18,19)20/h3-9H,1-2H3,(H2,21,22,23,26). The minimum atomic E-state index is -4.55. The summed E-state index contributed by atoms with van der Waals surface area (Å²) in [6.07, 6.45) is -4.55. The summed E-state index contributed by atoms with van der Waals surface area (Å²) in [7, 11) is 2.87. The molecule has 0 aliphatic carbocycles. The summed E-state index contributed by atoms with van der Waals surface area (Å²) >= 11 is 4.94. The molecular weight excluding hydrogens is 369 g/mol.